The molecule has 1 aromatic heterocycles. The third-order valence-electron chi connectivity index (χ3n) is 4.07. The van der Waals surface area contributed by atoms with Crippen molar-refractivity contribution in [2.45, 2.75) is 39.5 Å². The van der Waals surface area contributed by atoms with Gasteiger partial charge in [0.05, 0.1) is 0 Å². The van der Waals surface area contributed by atoms with Gasteiger partial charge in [0.25, 0.3) is 0 Å². The van der Waals surface area contributed by atoms with E-state index in [-0.39, 0.29) is 0 Å². The quantitative estimate of drug-likeness (QED) is 0.837. The molecular formula is C15H20N2O. The van der Waals surface area contributed by atoms with Crippen LogP contribution >= 0.6 is 0 Å². The summed E-state index contributed by atoms with van der Waals surface area (Å²) in [6.45, 7) is 8.51. The SMILES string of the molecule is Cc1cc(C)c2oc(C3CCNCC3)nc2c1C. The Kier molecular flexibility index (Phi) is 2.86. The predicted molar refractivity (Wildman–Crippen MR) is 73.1 cm³/mol. The van der Waals surface area contributed by atoms with Crippen LogP contribution in [-0.4, -0.2) is 18.1 Å². The van der Waals surface area contributed by atoms with E-state index in [9.17, 15) is 0 Å². The van der Waals surface area contributed by atoms with Gasteiger partial charge in [0.15, 0.2) is 11.5 Å². The number of fused-ring (bicyclic) bond motifs is 1. The molecule has 1 N–H and O–H groups in total. The number of benzene rings is 1. The van der Waals surface area contributed by atoms with Crippen molar-refractivity contribution in [2.75, 3.05) is 13.1 Å². The summed E-state index contributed by atoms with van der Waals surface area (Å²) in [5, 5.41) is 3.38. The molecule has 0 atom stereocenters. The van der Waals surface area contributed by atoms with E-state index in [0.29, 0.717) is 5.92 Å². The van der Waals surface area contributed by atoms with Gasteiger partial charge in [0, 0.05) is 5.92 Å². The summed E-state index contributed by atoms with van der Waals surface area (Å²) < 4.78 is 6.04. The Hall–Kier alpha value is -1.35. The van der Waals surface area contributed by atoms with Crippen molar-refractivity contribution in [3.63, 3.8) is 0 Å². The van der Waals surface area contributed by atoms with Gasteiger partial charge in [0.1, 0.15) is 5.52 Å². The Morgan fingerprint density at radius 3 is 2.61 bits per heavy atom. The molecule has 18 heavy (non-hydrogen) atoms. The summed E-state index contributed by atoms with van der Waals surface area (Å²) in [6.07, 6.45) is 2.26. The van der Waals surface area contributed by atoms with E-state index in [4.69, 9.17) is 9.40 Å². The lowest BCUT2D eigenvalue weighted by Crippen LogP contribution is -2.26. The Balaban J connectivity index is 2.10. The molecule has 0 saturated carbocycles. The summed E-state index contributed by atoms with van der Waals surface area (Å²) in [6, 6.07) is 2.19. The summed E-state index contributed by atoms with van der Waals surface area (Å²) in [7, 11) is 0. The van der Waals surface area contributed by atoms with E-state index in [1.54, 1.807) is 0 Å². The molecule has 96 valence electrons. The number of hydrogen-bond donors (Lipinski definition) is 1. The van der Waals surface area contributed by atoms with Gasteiger partial charge in [0.2, 0.25) is 0 Å². The van der Waals surface area contributed by atoms with Crippen LogP contribution in [0.4, 0.5) is 0 Å². The minimum Gasteiger partial charge on any atom is -0.440 e. The number of aromatic nitrogens is 1. The van der Waals surface area contributed by atoms with Crippen LogP contribution < -0.4 is 5.32 Å². The Bertz CT molecular complexity index is 580. The third kappa shape index (κ3) is 1.83. The molecule has 3 heteroatoms. The van der Waals surface area contributed by atoms with Crippen LogP contribution in [0, 0.1) is 20.8 Å². The third-order valence-corrected chi connectivity index (χ3v) is 4.07. The van der Waals surface area contributed by atoms with Gasteiger partial charge in [-0.3, -0.25) is 0 Å². The van der Waals surface area contributed by atoms with Crippen LogP contribution in [-0.2, 0) is 0 Å². The zero-order chi connectivity index (χ0) is 12.7. The van der Waals surface area contributed by atoms with Gasteiger partial charge in [-0.2, -0.15) is 0 Å². The molecule has 1 aromatic carbocycles. The molecule has 1 fully saturated rings. The Morgan fingerprint density at radius 1 is 1.17 bits per heavy atom. The van der Waals surface area contributed by atoms with E-state index >= 15 is 0 Å². The van der Waals surface area contributed by atoms with Crippen molar-refractivity contribution in [3.05, 3.63) is 28.6 Å². The standard InChI is InChI=1S/C15H20N2O/c1-9-8-10(2)14-13(11(9)3)17-15(18-14)12-4-6-16-7-5-12/h8,12,16H,4-7H2,1-3H3. The monoisotopic (exact) mass is 244 g/mol. The van der Waals surface area contributed by atoms with Gasteiger partial charge >= 0.3 is 0 Å². The van der Waals surface area contributed by atoms with Crippen LogP contribution in [0.1, 0.15) is 41.3 Å². The lowest BCUT2D eigenvalue weighted by Gasteiger charge is -2.19. The maximum absolute atomic E-state index is 6.04. The van der Waals surface area contributed by atoms with Crippen molar-refractivity contribution in [2.24, 2.45) is 0 Å². The molecule has 2 aromatic rings. The minimum atomic E-state index is 0.484. The number of nitrogens with zero attached hydrogens (tertiary/aromatic N) is 1. The van der Waals surface area contributed by atoms with E-state index in [1.807, 2.05) is 0 Å². The first-order chi connectivity index (χ1) is 8.66. The molecule has 0 radical (unpaired) electrons. The van der Waals surface area contributed by atoms with Crippen molar-refractivity contribution < 1.29 is 4.42 Å². The number of aryl methyl sites for hydroxylation is 3. The zero-order valence-corrected chi connectivity index (χ0v) is 11.3. The van der Waals surface area contributed by atoms with Crippen LogP contribution in [0.15, 0.2) is 10.5 Å². The summed E-state index contributed by atoms with van der Waals surface area (Å²) in [5.41, 5.74) is 5.78. The summed E-state index contributed by atoms with van der Waals surface area (Å²) in [5.74, 6) is 1.42. The molecule has 0 bridgehead atoms. The number of piperidine rings is 1. The lowest BCUT2D eigenvalue weighted by molar-refractivity contribution is 0.385. The largest absolute Gasteiger partial charge is 0.440 e. The maximum Gasteiger partial charge on any atom is 0.198 e. The van der Waals surface area contributed by atoms with Crippen LogP contribution in [0.2, 0.25) is 0 Å². The van der Waals surface area contributed by atoms with E-state index in [2.05, 4.69) is 32.2 Å². The first kappa shape index (κ1) is 11.7. The number of hydrogen-bond acceptors (Lipinski definition) is 3. The molecule has 0 amide bonds. The fourth-order valence-corrected chi connectivity index (χ4v) is 2.79. The van der Waals surface area contributed by atoms with Gasteiger partial charge in [-0.05, 0) is 63.4 Å². The fraction of sp³-hybridized carbons (Fsp3) is 0.533. The molecule has 3 nitrogen and oxygen atoms in total. The smallest absolute Gasteiger partial charge is 0.198 e. The van der Waals surface area contributed by atoms with Gasteiger partial charge in [-0.25, -0.2) is 4.98 Å². The van der Waals surface area contributed by atoms with Crippen LogP contribution in [0.5, 0.6) is 0 Å². The molecule has 0 spiro atoms. The number of nitrogens with one attached hydrogen (secondary N) is 1. The van der Waals surface area contributed by atoms with E-state index < -0.39 is 0 Å². The second kappa shape index (κ2) is 4.39. The highest BCUT2D eigenvalue weighted by Gasteiger charge is 2.22. The van der Waals surface area contributed by atoms with Gasteiger partial charge < -0.3 is 9.73 Å². The fourth-order valence-electron chi connectivity index (χ4n) is 2.79. The topological polar surface area (TPSA) is 38.1 Å². The first-order valence-corrected chi connectivity index (χ1v) is 6.75. The highest BCUT2D eigenvalue weighted by molar-refractivity contribution is 5.81. The number of rotatable bonds is 1. The highest BCUT2D eigenvalue weighted by atomic mass is 16.3. The van der Waals surface area contributed by atoms with Gasteiger partial charge in [-0.15, -0.1) is 0 Å². The maximum atomic E-state index is 6.04. The molecule has 2 heterocycles. The first-order valence-electron chi connectivity index (χ1n) is 6.75. The molecule has 1 aliphatic rings. The molecule has 1 saturated heterocycles. The molecule has 3 rings (SSSR count). The van der Waals surface area contributed by atoms with Crippen molar-refractivity contribution >= 4 is 11.1 Å². The normalized spacial score (nSPS) is 17.5. The summed E-state index contributed by atoms with van der Waals surface area (Å²) in [4.78, 5) is 4.76. The van der Waals surface area contributed by atoms with Gasteiger partial charge in [-0.1, -0.05) is 6.07 Å². The minimum absolute atomic E-state index is 0.484. The summed E-state index contributed by atoms with van der Waals surface area (Å²) >= 11 is 0. The van der Waals surface area contributed by atoms with Crippen LogP contribution in [0.25, 0.3) is 11.1 Å². The Morgan fingerprint density at radius 2 is 1.89 bits per heavy atom. The Labute approximate surface area is 108 Å². The zero-order valence-electron chi connectivity index (χ0n) is 11.3. The van der Waals surface area contributed by atoms with Crippen LogP contribution in [0.3, 0.4) is 0 Å². The molecule has 0 aliphatic carbocycles. The van der Waals surface area contributed by atoms with Crippen molar-refractivity contribution in [3.8, 4) is 0 Å². The second-order valence-corrected chi connectivity index (χ2v) is 5.39. The number of oxazole rings is 1. The van der Waals surface area contributed by atoms with E-state index in [0.717, 1.165) is 42.9 Å². The lowest BCUT2D eigenvalue weighted by atomic mass is 9.98. The second-order valence-electron chi connectivity index (χ2n) is 5.39. The average Bonchev–Trinajstić information content (AvgIpc) is 2.83. The van der Waals surface area contributed by atoms with E-state index in [1.165, 1.54) is 16.7 Å². The average molecular weight is 244 g/mol. The predicted octanol–water partition coefficient (Wildman–Crippen LogP) is 3.22. The molecule has 0 unspecified atom stereocenters. The molecule has 1 aliphatic heterocycles. The highest BCUT2D eigenvalue weighted by Crippen LogP contribution is 2.31. The molecular weight excluding hydrogens is 224 g/mol. The van der Waals surface area contributed by atoms with Crippen molar-refractivity contribution in [1.82, 2.24) is 10.3 Å². The van der Waals surface area contributed by atoms with Crippen molar-refractivity contribution in [1.29, 1.82) is 0 Å².